The van der Waals surface area contributed by atoms with E-state index in [9.17, 15) is 24.3 Å². The van der Waals surface area contributed by atoms with Crippen LogP contribution >= 0.6 is 0 Å². The van der Waals surface area contributed by atoms with E-state index in [1.807, 2.05) is 0 Å². The van der Waals surface area contributed by atoms with E-state index in [1.165, 1.54) is 6.92 Å². The van der Waals surface area contributed by atoms with E-state index in [1.54, 1.807) is 34.6 Å². The van der Waals surface area contributed by atoms with Crippen LogP contribution in [-0.4, -0.2) is 57.9 Å². The first-order valence-corrected chi connectivity index (χ1v) is 7.61. The summed E-state index contributed by atoms with van der Waals surface area (Å²) in [6, 6.07) is -2.56. The van der Waals surface area contributed by atoms with Crippen molar-refractivity contribution in [3.63, 3.8) is 0 Å². The van der Waals surface area contributed by atoms with Gasteiger partial charge in [0.1, 0.15) is 17.7 Å². The standard InChI is InChI=1S/C15H24N2O7/c1-7(2)9(16-13(21)24-15(4,5)6)11(18)17-10(12(19)20)8(3)23-14(17)22/h7-10H,1-6H3,(H,16,21)(H,19,20)/t8-,9-,10+/m0/s1. The maximum atomic E-state index is 12.7. The molecule has 0 aliphatic carbocycles. The minimum Gasteiger partial charge on any atom is -0.480 e. The minimum absolute atomic E-state index is 0.400. The first kappa shape index (κ1) is 19.7. The number of carbonyl (C=O) groups excluding carboxylic acids is 3. The molecule has 0 bridgehead atoms. The monoisotopic (exact) mass is 344 g/mol. The zero-order valence-electron chi connectivity index (χ0n) is 14.7. The van der Waals surface area contributed by atoms with Crippen molar-refractivity contribution in [3.05, 3.63) is 0 Å². The first-order valence-electron chi connectivity index (χ1n) is 7.61. The van der Waals surface area contributed by atoms with Gasteiger partial charge in [0, 0.05) is 0 Å². The Balaban J connectivity index is 2.99. The fraction of sp³-hybridized carbons (Fsp3) is 0.733. The van der Waals surface area contributed by atoms with E-state index in [0.29, 0.717) is 4.90 Å². The lowest BCUT2D eigenvalue weighted by Crippen LogP contribution is -2.56. The number of carboxylic acids is 1. The molecule has 1 aliphatic heterocycles. The second kappa shape index (κ2) is 7.06. The Morgan fingerprint density at radius 1 is 1.29 bits per heavy atom. The summed E-state index contributed by atoms with van der Waals surface area (Å²) in [6.07, 6.45) is -2.85. The van der Waals surface area contributed by atoms with Gasteiger partial charge in [-0.25, -0.2) is 19.3 Å². The third-order valence-electron chi connectivity index (χ3n) is 3.30. The maximum absolute atomic E-state index is 12.7. The molecule has 1 saturated heterocycles. The van der Waals surface area contributed by atoms with Crippen LogP contribution in [0.5, 0.6) is 0 Å². The van der Waals surface area contributed by atoms with Crippen molar-refractivity contribution in [3.8, 4) is 0 Å². The van der Waals surface area contributed by atoms with E-state index >= 15 is 0 Å². The number of ether oxygens (including phenoxy) is 2. The number of alkyl carbamates (subject to hydrolysis) is 1. The predicted octanol–water partition coefficient (Wildman–Crippen LogP) is 1.36. The molecule has 9 nitrogen and oxygen atoms in total. The fourth-order valence-electron chi connectivity index (χ4n) is 2.24. The van der Waals surface area contributed by atoms with E-state index in [-0.39, 0.29) is 0 Å². The van der Waals surface area contributed by atoms with Crippen LogP contribution in [-0.2, 0) is 19.1 Å². The Bertz CT molecular complexity index is 538. The number of hydrogen-bond acceptors (Lipinski definition) is 6. The number of rotatable bonds is 4. The maximum Gasteiger partial charge on any atom is 0.417 e. The van der Waals surface area contributed by atoms with Crippen molar-refractivity contribution in [2.24, 2.45) is 5.92 Å². The molecule has 3 atom stereocenters. The van der Waals surface area contributed by atoms with E-state index in [2.05, 4.69) is 5.32 Å². The Morgan fingerprint density at radius 3 is 2.25 bits per heavy atom. The van der Waals surface area contributed by atoms with Crippen molar-refractivity contribution >= 4 is 24.1 Å². The van der Waals surface area contributed by atoms with Crippen LogP contribution < -0.4 is 5.32 Å². The summed E-state index contributed by atoms with van der Waals surface area (Å²) in [5.74, 6) is -2.61. The fourth-order valence-corrected chi connectivity index (χ4v) is 2.24. The smallest absolute Gasteiger partial charge is 0.417 e. The highest BCUT2D eigenvalue weighted by molar-refractivity contribution is 6.01. The van der Waals surface area contributed by atoms with Crippen LogP contribution in [0.1, 0.15) is 41.5 Å². The van der Waals surface area contributed by atoms with Crippen LogP contribution in [0.2, 0.25) is 0 Å². The summed E-state index contributed by atoms with van der Waals surface area (Å²) in [6.45, 7) is 9.69. The molecule has 0 saturated carbocycles. The van der Waals surface area contributed by atoms with Gasteiger partial charge in [0.2, 0.25) is 0 Å². The Labute approximate surface area is 140 Å². The molecule has 1 aliphatic rings. The zero-order valence-corrected chi connectivity index (χ0v) is 14.7. The van der Waals surface area contributed by atoms with E-state index in [4.69, 9.17) is 9.47 Å². The molecule has 136 valence electrons. The Hall–Kier alpha value is -2.32. The second-order valence-electron chi connectivity index (χ2n) is 6.95. The number of hydrogen-bond donors (Lipinski definition) is 2. The Morgan fingerprint density at radius 2 is 1.83 bits per heavy atom. The second-order valence-corrected chi connectivity index (χ2v) is 6.95. The number of amides is 3. The molecule has 3 amide bonds. The van der Waals surface area contributed by atoms with E-state index < -0.39 is 53.8 Å². The van der Waals surface area contributed by atoms with Gasteiger partial charge in [-0.3, -0.25) is 4.79 Å². The summed E-state index contributed by atoms with van der Waals surface area (Å²) in [5, 5.41) is 11.6. The molecule has 0 spiro atoms. The number of carbonyl (C=O) groups is 4. The van der Waals surface area contributed by atoms with Gasteiger partial charge in [0.05, 0.1) is 0 Å². The van der Waals surface area contributed by atoms with Crippen molar-refractivity contribution in [2.45, 2.75) is 65.3 Å². The molecule has 24 heavy (non-hydrogen) atoms. The number of aliphatic carboxylic acids is 1. The average Bonchev–Trinajstić information content (AvgIpc) is 2.67. The highest BCUT2D eigenvalue weighted by Gasteiger charge is 2.50. The van der Waals surface area contributed by atoms with Crippen LogP contribution in [0.15, 0.2) is 0 Å². The van der Waals surface area contributed by atoms with Gasteiger partial charge >= 0.3 is 18.2 Å². The third-order valence-corrected chi connectivity index (χ3v) is 3.30. The van der Waals surface area contributed by atoms with Crippen LogP contribution in [0.3, 0.4) is 0 Å². The lowest BCUT2D eigenvalue weighted by molar-refractivity contribution is -0.148. The van der Waals surface area contributed by atoms with Crippen molar-refractivity contribution in [1.82, 2.24) is 10.2 Å². The predicted molar refractivity (Wildman–Crippen MR) is 82.2 cm³/mol. The van der Waals surface area contributed by atoms with Crippen molar-refractivity contribution in [1.29, 1.82) is 0 Å². The van der Waals surface area contributed by atoms with Gasteiger partial charge in [-0.05, 0) is 33.6 Å². The van der Waals surface area contributed by atoms with Gasteiger partial charge in [0.15, 0.2) is 6.04 Å². The number of imide groups is 1. The number of carboxylic acid groups (broad SMARTS) is 1. The minimum atomic E-state index is -1.44. The summed E-state index contributed by atoms with van der Waals surface area (Å²) in [4.78, 5) is 48.3. The van der Waals surface area contributed by atoms with Crippen molar-refractivity contribution < 1.29 is 33.8 Å². The molecular formula is C15H24N2O7. The van der Waals surface area contributed by atoms with Crippen LogP contribution in [0.4, 0.5) is 9.59 Å². The molecule has 1 rings (SSSR count). The van der Waals surface area contributed by atoms with Gasteiger partial charge < -0.3 is 19.9 Å². The molecule has 1 heterocycles. The molecule has 0 aromatic carbocycles. The number of nitrogens with one attached hydrogen (secondary N) is 1. The molecule has 1 fully saturated rings. The molecule has 0 radical (unpaired) electrons. The highest BCUT2D eigenvalue weighted by Crippen LogP contribution is 2.22. The normalized spacial score (nSPS) is 22.1. The van der Waals surface area contributed by atoms with E-state index in [0.717, 1.165) is 0 Å². The quantitative estimate of drug-likeness (QED) is 0.789. The highest BCUT2D eigenvalue weighted by atomic mass is 16.6. The lowest BCUT2D eigenvalue weighted by Gasteiger charge is -2.28. The van der Waals surface area contributed by atoms with Gasteiger partial charge in [-0.1, -0.05) is 13.8 Å². The summed E-state index contributed by atoms with van der Waals surface area (Å²) in [5.41, 5.74) is -0.765. The SMILES string of the molecule is CC(C)[C@H](NC(=O)OC(C)(C)C)C(=O)N1C(=O)O[C@@H](C)[C@@H]1C(=O)O. The van der Waals surface area contributed by atoms with Crippen LogP contribution in [0, 0.1) is 5.92 Å². The van der Waals surface area contributed by atoms with Crippen molar-refractivity contribution in [2.75, 3.05) is 0 Å². The van der Waals surface area contributed by atoms with Crippen LogP contribution in [0.25, 0.3) is 0 Å². The molecule has 0 aromatic heterocycles. The van der Waals surface area contributed by atoms with Gasteiger partial charge in [-0.2, -0.15) is 0 Å². The largest absolute Gasteiger partial charge is 0.480 e. The summed E-state index contributed by atoms with van der Waals surface area (Å²) in [7, 11) is 0. The molecule has 0 aromatic rings. The molecular weight excluding hydrogens is 320 g/mol. The zero-order chi connectivity index (χ0) is 18.8. The molecule has 2 N–H and O–H groups in total. The lowest BCUT2D eigenvalue weighted by atomic mass is 10.0. The third kappa shape index (κ3) is 4.59. The van der Waals surface area contributed by atoms with Gasteiger partial charge in [0.25, 0.3) is 5.91 Å². The Kier molecular flexibility index (Phi) is 5.80. The topological polar surface area (TPSA) is 122 Å². The summed E-state index contributed by atoms with van der Waals surface area (Å²) < 4.78 is 9.93. The number of nitrogens with zero attached hydrogens (tertiary/aromatic N) is 1. The number of cyclic esters (lactones) is 1. The average molecular weight is 344 g/mol. The molecule has 0 unspecified atom stereocenters. The molecule has 9 heteroatoms. The first-order chi connectivity index (χ1) is 10.8. The summed E-state index contributed by atoms with van der Waals surface area (Å²) >= 11 is 0. The van der Waals surface area contributed by atoms with Gasteiger partial charge in [-0.15, -0.1) is 0 Å².